The highest BCUT2D eigenvalue weighted by atomic mass is 16.5. The summed E-state index contributed by atoms with van der Waals surface area (Å²) in [6, 6.07) is 38.8. The van der Waals surface area contributed by atoms with Crippen molar-refractivity contribution in [3.8, 4) is 34.8 Å². The van der Waals surface area contributed by atoms with E-state index in [-0.39, 0.29) is 5.91 Å². The van der Waals surface area contributed by atoms with Gasteiger partial charge < -0.3 is 44.6 Å². The molecule has 4 aromatic carbocycles. The first-order valence-electron chi connectivity index (χ1n) is 20.0. The average Bonchev–Trinajstić information content (AvgIpc) is 3.33. The first-order valence-corrected chi connectivity index (χ1v) is 20.0. The van der Waals surface area contributed by atoms with Gasteiger partial charge in [0.25, 0.3) is 0 Å². The lowest BCUT2D eigenvalue weighted by molar-refractivity contribution is -0.131. The number of aliphatic carboxylic acids is 1. The Morgan fingerprint density at radius 1 is 0.571 bits per heavy atom. The molecular weight excluding hydrogens is 801 g/mol. The van der Waals surface area contributed by atoms with Gasteiger partial charge in [0.2, 0.25) is 17.7 Å². The van der Waals surface area contributed by atoms with Crippen molar-refractivity contribution in [2.24, 2.45) is 5.73 Å². The molecule has 0 bridgehead atoms. The quantitative estimate of drug-likeness (QED) is 0.0671. The number of amides is 1. The van der Waals surface area contributed by atoms with Crippen molar-refractivity contribution in [1.82, 2.24) is 15.3 Å². The molecule has 0 aliphatic rings. The summed E-state index contributed by atoms with van der Waals surface area (Å²) in [6.07, 6.45) is 10.4. The number of nitrogens with one attached hydrogen (secondary N) is 1. The fourth-order valence-electron chi connectivity index (χ4n) is 5.57. The number of nitrogens with zero attached hydrogens (tertiary/aromatic N) is 2. The molecular formula is C50H54N4O9. The molecule has 0 saturated heterocycles. The molecule has 0 fully saturated rings. The number of carboxylic acids is 1. The van der Waals surface area contributed by atoms with Crippen molar-refractivity contribution in [3.63, 3.8) is 0 Å². The van der Waals surface area contributed by atoms with Crippen molar-refractivity contribution in [2.75, 3.05) is 41.5 Å². The first-order chi connectivity index (χ1) is 30.7. The first kappa shape index (κ1) is 48.0. The third-order valence-electron chi connectivity index (χ3n) is 8.86. The van der Waals surface area contributed by atoms with Gasteiger partial charge in [-0.1, -0.05) is 72.8 Å². The smallest absolute Gasteiger partial charge is 0.328 e. The fourth-order valence-corrected chi connectivity index (χ4v) is 5.57. The van der Waals surface area contributed by atoms with Crippen LogP contribution in [0.15, 0.2) is 146 Å². The Morgan fingerprint density at radius 3 is 1.46 bits per heavy atom. The maximum Gasteiger partial charge on any atom is 0.328 e. The summed E-state index contributed by atoms with van der Waals surface area (Å²) < 4.78 is 32.4. The van der Waals surface area contributed by atoms with Crippen LogP contribution in [0.25, 0.3) is 12.2 Å². The molecule has 0 aliphatic carbocycles. The minimum absolute atomic E-state index is 0.162. The van der Waals surface area contributed by atoms with Gasteiger partial charge in [-0.25, -0.2) is 14.8 Å². The van der Waals surface area contributed by atoms with Crippen LogP contribution in [0.2, 0.25) is 0 Å². The van der Waals surface area contributed by atoms with E-state index in [1.54, 1.807) is 51.8 Å². The van der Waals surface area contributed by atoms with Gasteiger partial charge in [-0.2, -0.15) is 0 Å². The van der Waals surface area contributed by atoms with E-state index in [0.717, 1.165) is 57.4 Å². The lowest BCUT2D eigenvalue weighted by Gasteiger charge is -2.12. The molecule has 0 spiro atoms. The third-order valence-corrected chi connectivity index (χ3v) is 8.86. The van der Waals surface area contributed by atoms with Gasteiger partial charge in [-0.3, -0.25) is 4.79 Å². The molecule has 6 rings (SSSR count). The number of nitrogens with two attached hydrogens (primary N) is 1. The molecule has 63 heavy (non-hydrogen) atoms. The van der Waals surface area contributed by atoms with Crippen molar-refractivity contribution >= 4 is 24.0 Å². The van der Waals surface area contributed by atoms with Gasteiger partial charge in [-0.15, -0.1) is 0 Å². The average molecular weight is 855 g/mol. The van der Waals surface area contributed by atoms with Gasteiger partial charge in [0, 0.05) is 43.2 Å². The molecule has 0 aliphatic heterocycles. The minimum Gasteiger partial charge on any atom is -0.493 e. The highest BCUT2D eigenvalue weighted by Crippen LogP contribution is 2.30. The summed E-state index contributed by atoms with van der Waals surface area (Å²) in [6.45, 7) is 2.13. The summed E-state index contributed by atoms with van der Waals surface area (Å²) in [4.78, 5) is 30.2. The Bertz CT molecular complexity index is 2320. The van der Waals surface area contributed by atoms with Gasteiger partial charge in [0.05, 0.1) is 28.4 Å². The topological polar surface area (TPSA) is 174 Å². The lowest BCUT2D eigenvalue weighted by atomic mass is 10.1. The van der Waals surface area contributed by atoms with Crippen LogP contribution in [-0.2, 0) is 35.6 Å². The van der Waals surface area contributed by atoms with E-state index < -0.39 is 5.97 Å². The maximum atomic E-state index is 12.1. The van der Waals surface area contributed by atoms with Crippen LogP contribution < -0.4 is 39.5 Å². The van der Waals surface area contributed by atoms with Crippen molar-refractivity contribution in [1.29, 1.82) is 0 Å². The fraction of sp³-hybridized carbons (Fsp3) is 0.200. The number of methoxy groups -OCH3 is 4. The molecule has 0 atom stereocenters. The standard InChI is InChI=1S/C25H26N2O4.C16H19NO2.C9H9NO3/c1-29-22-11-8-19(16-23(22)31-18-21-6-4-3-5-7-21)14-15-26-24(28)12-9-20-10-13-25(30-2)27-17-20;1-18-15-8-7-13(9-10-17)11-16(15)19-12-14-5-3-2-4-6-14;1-13-8-4-2-7(6-10-8)3-5-9(11)12/h3-13,16-17H,14-15,18H2,1-2H3,(H,26,28);2-8,11H,9-10,12,17H2,1H3;2-6H,1H3,(H,11,12)/b12-9+;;5-3+. The summed E-state index contributed by atoms with van der Waals surface area (Å²) >= 11 is 0. The molecule has 0 unspecified atom stereocenters. The minimum atomic E-state index is -0.976. The monoisotopic (exact) mass is 854 g/mol. The van der Waals surface area contributed by atoms with E-state index in [4.69, 9.17) is 39.3 Å². The number of aromatic nitrogens is 2. The van der Waals surface area contributed by atoms with E-state index in [1.807, 2.05) is 103 Å². The van der Waals surface area contributed by atoms with Crippen molar-refractivity contribution in [2.45, 2.75) is 26.1 Å². The Kier molecular flexibility index (Phi) is 20.8. The van der Waals surface area contributed by atoms with E-state index in [1.165, 1.54) is 25.5 Å². The summed E-state index contributed by atoms with van der Waals surface area (Å²) in [5.41, 5.74) is 11.5. The van der Waals surface area contributed by atoms with Crippen LogP contribution in [0.3, 0.4) is 0 Å². The predicted molar refractivity (Wildman–Crippen MR) is 244 cm³/mol. The van der Waals surface area contributed by atoms with Gasteiger partial charge >= 0.3 is 5.97 Å². The van der Waals surface area contributed by atoms with Crippen molar-refractivity contribution < 1.29 is 43.1 Å². The van der Waals surface area contributed by atoms with E-state index in [2.05, 4.69) is 15.3 Å². The number of rotatable bonds is 19. The van der Waals surface area contributed by atoms with Crippen LogP contribution in [0.4, 0.5) is 0 Å². The highest BCUT2D eigenvalue weighted by Gasteiger charge is 2.08. The lowest BCUT2D eigenvalue weighted by Crippen LogP contribution is -2.23. The number of hydrogen-bond donors (Lipinski definition) is 3. The number of carboxylic acid groups (broad SMARTS) is 1. The van der Waals surface area contributed by atoms with Crippen LogP contribution in [-0.4, -0.2) is 68.5 Å². The van der Waals surface area contributed by atoms with E-state index >= 15 is 0 Å². The van der Waals surface area contributed by atoms with Gasteiger partial charge in [0.15, 0.2) is 23.0 Å². The predicted octanol–water partition coefficient (Wildman–Crippen LogP) is 8.01. The van der Waals surface area contributed by atoms with E-state index in [9.17, 15) is 9.59 Å². The van der Waals surface area contributed by atoms with Crippen LogP contribution in [0.5, 0.6) is 34.8 Å². The number of hydrogen-bond acceptors (Lipinski definition) is 11. The summed E-state index contributed by atoms with van der Waals surface area (Å²) in [5, 5.41) is 11.2. The second-order valence-corrected chi connectivity index (χ2v) is 13.4. The normalized spacial score (nSPS) is 10.4. The molecule has 1 amide bonds. The Balaban J connectivity index is 0.000000230. The number of benzene rings is 4. The zero-order valence-corrected chi connectivity index (χ0v) is 35.9. The number of carbonyl (C=O) groups excluding carboxylic acids is 1. The molecule has 13 heteroatoms. The second kappa shape index (κ2) is 27.3. The molecule has 2 heterocycles. The van der Waals surface area contributed by atoms with Crippen LogP contribution >= 0.6 is 0 Å². The van der Waals surface area contributed by atoms with Gasteiger partial charge in [-0.05, 0) is 101 Å². The molecule has 6 aromatic rings. The number of pyridine rings is 2. The van der Waals surface area contributed by atoms with Crippen molar-refractivity contribution in [3.05, 3.63) is 179 Å². The third kappa shape index (κ3) is 17.9. The SMILES string of the molecule is COc1ccc(/C=C/C(=O)NCCc2ccc(OC)c(OCc3ccccc3)c2)cn1.COc1ccc(/C=C/C(=O)O)cn1.COc1ccc(CCN)cc1OCc1ccccc1. The maximum absolute atomic E-state index is 12.1. The molecule has 0 saturated carbocycles. The molecule has 2 aromatic heterocycles. The van der Waals surface area contributed by atoms with Gasteiger partial charge in [0.1, 0.15) is 13.2 Å². The second-order valence-electron chi connectivity index (χ2n) is 13.4. The Hall–Kier alpha value is -7.64. The molecule has 328 valence electrons. The molecule has 4 N–H and O–H groups in total. The van der Waals surface area contributed by atoms with E-state index in [0.29, 0.717) is 56.0 Å². The Labute approximate surface area is 368 Å². The summed E-state index contributed by atoms with van der Waals surface area (Å²) in [7, 11) is 6.35. The summed E-state index contributed by atoms with van der Waals surface area (Å²) in [5.74, 6) is 2.78. The molecule has 0 radical (unpaired) electrons. The van der Waals surface area contributed by atoms with Crippen LogP contribution in [0, 0.1) is 0 Å². The molecule has 13 nitrogen and oxygen atoms in total. The zero-order chi connectivity index (χ0) is 45.1. The Morgan fingerprint density at radius 2 is 1.05 bits per heavy atom. The zero-order valence-electron chi connectivity index (χ0n) is 35.9. The van der Waals surface area contributed by atoms with Crippen LogP contribution in [0.1, 0.15) is 33.4 Å². The number of carbonyl (C=O) groups is 2. The number of ether oxygens (including phenoxy) is 6. The largest absolute Gasteiger partial charge is 0.493 e. The highest BCUT2D eigenvalue weighted by molar-refractivity contribution is 5.91.